The number of pyridine rings is 1. The van der Waals surface area contributed by atoms with Crippen molar-refractivity contribution in [2.45, 2.75) is 17.2 Å². The van der Waals surface area contributed by atoms with Gasteiger partial charge in [0.05, 0.1) is 10.8 Å². The van der Waals surface area contributed by atoms with Crippen LogP contribution >= 0.6 is 35.6 Å². The largest absolute Gasteiger partial charge is 0.366 e. The third kappa shape index (κ3) is 3.67. The number of halogens is 1. The topological polar surface area (TPSA) is 96.5 Å². The lowest BCUT2D eigenvalue weighted by Crippen LogP contribution is -2.44. The average molecular weight is 416 g/mol. The Morgan fingerprint density at radius 1 is 1.44 bits per heavy atom. The number of hydrogen-bond donors (Lipinski definition) is 2. The van der Waals surface area contributed by atoms with Gasteiger partial charge in [-0.15, -0.1) is 0 Å². The van der Waals surface area contributed by atoms with Crippen molar-refractivity contribution >= 4 is 49.9 Å². The van der Waals surface area contributed by atoms with Crippen molar-refractivity contribution in [3.63, 3.8) is 0 Å². The maximum Gasteiger partial charge on any atom is 0.239 e. The quantitative estimate of drug-likeness (QED) is 0.737. The highest BCUT2D eigenvalue weighted by Crippen LogP contribution is 2.41. The van der Waals surface area contributed by atoms with Gasteiger partial charge in [0.15, 0.2) is 5.72 Å². The number of aromatic nitrogens is 1. The standard InChI is InChI=1S/C15H14ClN3O3S3/c16-12-4-3-11(6-13(12)25(17,21)22)15(20)9-24-14(23)19(15)8-10-2-1-5-18-7-10/h1-7,20H,8-9H2,(H2,17,21,22). The van der Waals surface area contributed by atoms with Crippen LogP contribution < -0.4 is 5.14 Å². The van der Waals surface area contributed by atoms with Gasteiger partial charge in [0.2, 0.25) is 10.0 Å². The Hall–Kier alpha value is -1.23. The van der Waals surface area contributed by atoms with Gasteiger partial charge in [0, 0.05) is 24.5 Å². The number of primary sulfonamides is 1. The van der Waals surface area contributed by atoms with Gasteiger partial charge in [-0.25, -0.2) is 13.6 Å². The highest BCUT2D eigenvalue weighted by molar-refractivity contribution is 8.23. The van der Waals surface area contributed by atoms with Crippen LogP contribution in [0.1, 0.15) is 11.1 Å². The van der Waals surface area contributed by atoms with Crippen LogP contribution in [0, 0.1) is 0 Å². The second kappa shape index (κ2) is 6.82. The van der Waals surface area contributed by atoms with E-state index in [4.69, 9.17) is 29.0 Å². The molecule has 10 heteroatoms. The van der Waals surface area contributed by atoms with E-state index in [1.807, 2.05) is 6.07 Å². The molecule has 132 valence electrons. The van der Waals surface area contributed by atoms with E-state index in [0.717, 1.165) is 5.56 Å². The number of rotatable bonds is 4. The molecule has 1 saturated heterocycles. The lowest BCUT2D eigenvalue weighted by atomic mass is 10.0. The average Bonchev–Trinajstić information content (AvgIpc) is 2.85. The minimum atomic E-state index is -4.01. The SMILES string of the molecule is NS(=O)(=O)c1cc(C2(O)CSC(=S)N2Cc2cccnc2)ccc1Cl. The Labute approximate surface area is 160 Å². The van der Waals surface area contributed by atoms with Crippen LogP contribution in [-0.2, 0) is 22.3 Å². The predicted octanol–water partition coefficient (Wildman–Crippen LogP) is 2.06. The van der Waals surface area contributed by atoms with Crippen molar-refractivity contribution in [2.75, 3.05) is 5.75 Å². The number of benzene rings is 1. The van der Waals surface area contributed by atoms with E-state index >= 15 is 0 Å². The third-order valence-corrected chi connectivity index (χ3v) is 6.81. The fourth-order valence-corrected chi connectivity index (χ4v) is 5.03. The van der Waals surface area contributed by atoms with Gasteiger partial charge in [-0.3, -0.25) is 4.98 Å². The first kappa shape index (κ1) is 18.6. The summed E-state index contributed by atoms with van der Waals surface area (Å²) in [6.45, 7) is 0.337. The van der Waals surface area contributed by atoms with Crippen LogP contribution in [0.15, 0.2) is 47.6 Å². The molecule has 0 radical (unpaired) electrons. The molecular formula is C15H14ClN3O3S3. The first-order valence-electron chi connectivity index (χ1n) is 7.10. The van der Waals surface area contributed by atoms with E-state index in [9.17, 15) is 13.5 Å². The Morgan fingerprint density at radius 2 is 2.20 bits per heavy atom. The summed E-state index contributed by atoms with van der Waals surface area (Å²) >= 11 is 12.6. The van der Waals surface area contributed by atoms with Crippen LogP contribution in [0.2, 0.25) is 5.02 Å². The van der Waals surface area contributed by atoms with E-state index in [1.165, 1.54) is 23.9 Å². The van der Waals surface area contributed by atoms with Crippen LogP contribution in [0.25, 0.3) is 0 Å². The molecule has 0 spiro atoms. The Bertz CT molecular complexity index is 924. The van der Waals surface area contributed by atoms with Gasteiger partial charge in [-0.05, 0) is 23.8 Å². The first-order valence-corrected chi connectivity index (χ1v) is 10.4. The molecule has 2 aromatic rings. The van der Waals surface area contributed by atoms with Gasteiger partial charge in [0.1, 0.15) is 9.22 Å². The number of aliphatic hydroxyl groups is 1. The Kier molecular flexibility index (Phi) is 5.06. The predicted molar refractivity (Wildman–Crippen MR) is 102 cm³/mol. The first-order chi connectivity index (χ1) is 11.7. The number of thiocarbonyl (C=S) groups is 1. The molecule has 1 aromatic heterocycles. The molecule has 0 amide bonds. The zero-order valence-corrected chi connectivity index (χ0v) is 16.0. The van der Waals surface area contributed by atoms with E-state index in [0.29, 0.717) is 16.4 Å². The summed E-state index contributed by atoms with van der Waals surface area (Å²) in [5.74, 6) is 0.262. The van der Waals surface area contributed by atoms with Crippen LogP contribution in [0.4, 0.5) is 0 Å². The smallest absolute Gasteiger partial charge is 0.239 e. The molecule has 1 aliphatic heterocycles. The van der Waals surface area contributed by atoms with Crippen molar-refractivity contribution in [1.29, 1.82) is 0 Å². The van der Waals surface area contributed by atoms with E-state index < -0.39 is 15.7 Å². The van der Waals surface area contributed by atoms with Crippen molar-refractivity contribution in [2.24, 2.45) is 5.14 Å². The van der Waals surface area contributed by atoms with E-state index in [2.05, 4.69) is 4.98 Å². The molecule has 0 saturated carbocycles. The molecule has 2 heterocycles. The summed E-state index contributed by atoms with van der Waals surface area (Å²) in [5, 5.41) is 16.5. The number of hydrogen-bond acceptors (Lipinski definition) is 6. The molecule has 1 aromatic carbocycles. The molecule has 3 N–H and O–H groups in total. The lowest BCUT2D eigenvalue weighted by molar-refractivity contribution is -0.0510. The maximum atomic E-state index is 11.7. The second-order valence-electron chi connectivity index (χ2n) is 5.51. The third-order valence-electron chi connectivity index (χ3n) is 3.83. The summed E-state index contributed by atoms with van der Waals surface area (Å²) in [5.41, 5.74) is -0.245. The van der Waals surface area contributed by atoms with Crippen molar-refractivity contribution in [3.05, 3.63) is 58.9 Å². The molecule has 3 rings (SSSR count). The molecular weight excluding hydrogens is 402 g/mol. The van der Waals surface area contributed by atoms with Gasteiger partial charge in [-0.2, -0.15) is 0 Å². The molecule has 1 atom stereocenters. The molecule has 0 aliphatic carbocycles. The van der Waals surface area contributed by atoms with E-state index in [-0.39, 0.29) is 15.7 Å². The monoisotopic (exact) mass is 415 g/mol. The zero-order chi connectivity index (χ0) is 18.2. The molecule has 6 nitrogen and oxygen atoms in total. The lowest BCUT2D eigenvalue weighted by Gasteiger charge is -2.34. The number of sulfonamides is 1. The molecule has 25 heavy (non-hydrogen) atoms. The highest BCUT2D eigenvalue weighted by atomic mass is 35.5. The van der Waals surface area contributed by atoms with Gasteiger partial charge < -0.3 is 10.0 Å². The summed E-state index contributed by atoms with van der Waals surface area (Å²) in [6, 6.07) is 7.94. The Balaban J connectivity index is 2.03. The fraction of sp³-hybridized carbons (Fsp3) is 0.200. The van der Waals surface area contributed by atoms with Gasteiger partial charge in [-0.1, -0.05) is 47.7 Å². The van der Waals surface area contributed by atoms with Crippen molar-refractivity contribution < 1.29 is 13.5 Å². The maximum absolute atomic E-state index is 11.7. The summed E-state index contributed by atoms with van der Waals surface area (Å²) < 4.78 is 24.0. The second-order valence-corrected chi connectivity index (χ2v) is 9.06. The molecule has 1 unspecified atom stereocenters. The van der Waals surface area contributed by atoms with Gasteiger partial charge >= 0.3 is 0 Å². The van der Waals surface area contributed by atoms with Crippen molar-refractivity contribution in [3.8, 4) is 0 Å². The summed E-state index contributed by atoms with van der Waals surface area (Å²) in [6.07, 6.45) is 3.34. The molecule has 1 fully saturated rings. The van der Waals surface area contributed by atoms with Crippen LogP contribution in [0.5, 0.6) is 0 Å². The number of thioether (sulfide) groups is 1. The molecule has 0 bridgehead atoms. The summed E-state index contributed by atoms with van der Waals surface area (Å²) in [7, 11) is -4.01. The van der Waals surface area contributed by atoms with Crippen LogP contribution in [0.3, 0.4) is 0 Å². The Morgan fingerprint density at radius 3 is 2.84 bits per heavy atom. The van der Waals surface area contributed by atoms with Crippen LogP contribution in [-0.4, -0.2) is 33.5 Å². The fourth-order valence-electron chi connectivity index (χ4n) is 2.55. The van der Waals surface area contributed by atoms with Crippen molar-refractivity contribution in [1.82, 2.24) is 9.88 Å². The number of nitrogens with two attached hydrogens (primary N) is 1. The zero-order valence-electron chi connectivity index (χ0n) is 12.8. The molecule has 1 aliphatic rings. The number of nitrogens with zero attached hydrogens (tertiary/aromatic N) is 2. The van der Waals surface area contributed by atoms with Gasteiger partial charge in [0.25, 0.3) is 0 Å². The minimum absolute atomic E-state index is 0.00175. The normalized spacial score (nSPS) is 20.9. The van der Waals surface area contributed by atoms with E-state index in [1.54, 1.807) is 29.4 Å². The summed E-state index contributed by atoms with van der Waals surface area (Å²) in [4.78, 5) is 5.47. The highest BCUT2D eigenvalue weighted by Gasteiger charge is 2.44. The minimum Gasteiger partial charge on any atom is -0.366 e.